The Kier molecular flexibility index (Phi) is 8.65. The fraction of sp³-hybridized carbons (Fsp3) is 0.462. The number of aryl methyl sites for hydroxylation is 2. The molecular formula is C26H35N3O2S. The standard InChI is InChI=1S/C26H35N3O2S/c1-6-7-8-17-31-22-12-9-11-21(18-22)25(30)29(16-10-15-28(4)5)26-27-24-20(3)19(2)13-14-23(24)32-26/h9,11-14,18H,6-8,10,15-17H2,1-5H3. The number of ether oxygens (including phenoxy) is 1. The summed E-state index contributed by atoms with van der Waals surface area (Å²) in [6.45, 7) is 8.58. The predicted octanol–water partition coefficient (Wildman–Crippen LogP) is 6.08. The number of hydrogen-bond acceptors (Lipinski definition) is 5. The zero-order valence-corrected chi connectivity index (χ0v) is 20.8. The first-order valence-corrected chi connectivity index (χ1v) is 12.3. The Labute approximate surface area is 196 Å². The van der Waals surface area contributed by atoms with Crippen molar-refractivity contribution >= 4 is 32.6 Å². The van der Waals surface area contributed by atoms with Crippen LogP contribution < -0.4 is 9.64 Å². The number of hydrogen-bond donors (Lipinski definition) is 0. The Morgan fingerprint density at radius 3 is 2.62 bits per heavy atom. The lowest BCUT2D eigenvalue weighted by Crippen LogP contribution is -2.33. The summed E-state index contributed by atoms with van der Waals surface area (Å²) in [7, 11) is 4.10. The van der Waals surface area contributed by atoms with Crippen LogP contribution in [0.4, 0.5) is 5.13 Å². The summed E-state index contributed by atoms with van der Waals surface area (Å²) >= 11 is 1.58. The normalized spacial score (nSPS) is 11.3. The molecule has 5 nitrogen and oxygen atoms in total. The molecule has 172 valence electrons. The Morgan fingerprint density at radius 1 is 1.06 bits per heavy atom. The molecule has 32 heavy (non-hydrogen) atoms. The molecule has 1 aromatic heterocycles. The highest BCUT2D eigenvalue weighted by Gasteiger charge is 2.22. The van der Waals surface area contributed by atoms with Crippen LogP contribution in [0.15, 0.2) is 36.4 Å². The van der Waals surface area contributed by atoms with E-state index in [1.165, 1.54) is 11.1 Å². The van der Waals surface area contributed by atoms with E-state index in [2.05, 4.69) is 51.9 Å². The van der Waals surface area contributed by atoms with Crippen LogP contribution in [0, 0.1) is 13.8 Å². The van der Waals surface area contributed by atoms with Crippen LogP contribution in [-0.2, 0) is 0 Å². The molecule has 0 fully saturated rings. The fourth-order valence-corrected chi connectivity index (χ4v) is 4.63. The summed E-state index contributed by atoms with van der Waals surface area (Å²) in [5, 5.41) is 0.756. The second-order valence-electron chi connectivity index (χ2n) is 8.55. The van der Waals surface area contributed by atoms with E-state index in [9.17, 15) is 4.79 Å². The van der Waals surface area contributed by atoms with Gasteiger partial charge in [-0.2, -0.15) is 0 Å². The van der Waals surface area contributed by atoms with E-state index >= 15 is 0 Å². The number of unbranched alkanes of at least 4 members (excludes halogenated alkanes) is 2. The molecule has 0 aliphatic rings. The monoisotopic (exact) mass is 453 g/mol. The highest BCUT2D eigenvalue weighted by atomic mass is 32.1. The lowest BCUT2D eigenvalue weighted by molar-refractivity contribution is 0.0985. The van der Waals surface area contributed by atoms with E-state index in [0.717, 1.165) is 53.3 Å². The predicted molar refractivity (Wildman–Crippen MR) is 135 cm³/mol. The van der Waals surface area contributed by atoms with Gasteiger partial charge in [-0.3, -0.25) is 9.69 Å². The third-order valence-corrected chi connectivity index (χ3v) is 6.68. The Hall–Kier alpha value is -2.44. The van der Waals surface area contributed by atoms with Gasteiger partial charge in [0.15, 0.2) is 5.13 Å². The highest BCUT2D eigenvalue weighted by Crippen LogP contribution is 2.33. The molecule has 2 aromatic carbocycles. The lowest BCUT2D eigenvalue weighted by atomic mass is 10.1. The summed E-state index contributed by atoms with van der Waals surface area (Å²) in [5.41, 5.74) is 4.01. The van der Waals surface area contributed by atoms with E-state index < -0.39 is 0 Å². The highest BCUT2D eigenvalue weighted by molar-refractivity contribution is 7.22. The largest absolute Gasteiger partial charge is 0.494 e. The van der Waals surface area contributed by atoms with E-state index in [4.69, 9.17) is 9.72 Å². The summed E-state index contributed by atoms with van der Waals surface area (Å²) in [6.07, 6.45) is 4.20. The van der Waals surface area contributed by atoms with Crippen molar-refractivity contribution in [2.45, 2.75) is 46.5 Å². The summed E-state index contributed by atoms with van der Waals surface area (Å²) in [5.74, 6) is 0.715. The second kappa shape index (κ2) is 11.4. The van der Waals surface area contributed by atoms with Gasteiger partial charge < -0.3 is 9.64 Å². The zero-order chi connectivity index (χ0) is 23.1. The molecule has 3 aromatic rings. The molecule has 0 saturated heterocycles. The van der Waals surface area contributed by atoms with Crippen LogP contribution in [0.25, 0.3) is 10.2 Å². The van der Waals surface area contributed by atoms with E-state index in [0.29, 0.717) is 18.7 Å². The van der Waals surface area contributed by atoms with Crippen molar-refractivity contribution in [1.82, 2.24) is 9.88 Å². The first-order chi connectivity index (χ1) is 15.4. The maximum atomic E-state index is 13.6. The topological polar surface area (TPSA) is 45.7 Å². The van der Waals surface area contributed by atoms with Gasteiger partial charge in [0.2, 0.25) is 0 Å². The van der Waals surface area contributed by atoms with Gasteiger partial charge in [-0.25, -0.2) is 4.98 Å². The Bertz CT molecular complexity index is 1040. The quantitative estimate of drug-likeness (QED) is 0.330. The molecule has 1 heterocycles. The molecule has 0 saturated carbocycles. The third kappa shape index (κ3) is 6.08. The number of anilines is 1. The minimum atomic E-state index is -0.0313. The Morgan fingerprint density at radius 2 is 1.88 bits per heavy atom. The molecular weight excluding hydrogens is 418 g/mol. The number of carbonyl (C=O) groups is 1. The number of nitrogens with zero attached hydrogens (tertiary/aromatic N) is 3. The van der Waals surface area contributed by atoms with Gasteiger partial charge in [0.05, 0.1) is 16.8 Å². The average molecular weight is 454 g/mol. The van der Waals surface area contributed by atoms with Gasteiger partial charge in [0.1, 0.15) is 5.75 Å². The number of aromatic nitrogens is 1. The van der Waals surface area contributed by atoms with Crippen molar-refractivity contribution in [3.63, 3.8) is 0 Å². The minimum absolute atomic E-state index is 0.0313. The minimum Gasteiger partial charge on any atom is -0.494 e. The number of carbonyl (C=O) groups excluding carboxylic acids is 1. The van der Waals surface area contributed by atoms with Crippen LogP contribution in [0.3, 0.4) is 0 Å². The number of rotatable bonds is 11. The van der Waals surface area contributed by atoms with Gasteiger partial charge >= 0.3 is 0 Å². The molecule has 0 N–H and O–H groups in total. The smallest absolute Gasteiger partial charge is 0.260 e. The first-order valence-electron chi connectivity index (χ1n) is 11.5. The molecule has 6 heteroatoms. The van der Waals surface area contributed by atoms with Gasteiger partial charge in [-0.1, -0.05) is 43.2 Å². The van der Waals surface area contributed by atoms with E-state index in [1.54, 1.807) is 11.3 Å². The summed E-state index contributed by atoms with van der Waals surface area (Å²) in [4.78, 5) is 22.5. The number of benzene rings is 2. The van der Waals surface area contributed by atoms with Crippen LogP contribution in [-0.4, -0.2) is 49.6 Å². The van der Waals surface area contributed by atoms with Crippen molar-refractivity contribution in [3.05, 3.63) is 53.1 Å². The van der Waals surface area contributed by atoms with Gasteiger partial charge in [0, 0.05) is 12.1 Å². The number of thiazole rings is 1. The fourth-order valence-electron chi connectivity index (χ4n) is 3.58. The van der Waals surface area contributed by atoms with Gasteiger partial charge in [-0.05, 0) is 82.7 Å². The van der Waals surface area contributed by atoms with Gasteiger partial charge in [0.25, 0.3) is 5.91 Å². The number of amides is 1. The van der Waals surface area contributed by atoms with Crippen LogP contribution >= 0.6 is 11.3 Å². The van der Waals surface area contributed by atoms with Crippen molar-refractivity contribution < 1.29 is 9.53 Å². The zero-order valence-electron chi connectivity index (χ0n) is 20.0. The van der Waals surface area contributed by atoms with E-state index in [-0.39, 0.29) is 5.91 Å². The maximum absolute atomic E-state index is 13.6. The molecule has 1 amide bonds. The van der Waals surface area contributed by atoms with Crippen molar-refractivity contribution in [1.29, 1.82) is 0 Å². The Balaban J connectivity index is 1.87. The number of fused-ring (bicyclic) bond motifs is 1. The molecule has 0 atom stereocenters. The van der Waals surface area contributed by atoms with Crippen molar-refractivity contribution in [2.75, 3.05) is 38.7 Å². The van der Waals surface area contributed by atoms with Crippen molar-refractivity contribution in [2.24, 2.45) is 0 Å². The first kappa shape index (κ1) is 24.2. The van der Waals surface area contributed by atoms with Crippen molar-refractivity contribution in [3.8, 4) is 5.75 Å². The molecule has 0 aliphatic carbocycles. The summed E-state index contributed by atoms with van der Waals surface area (Å²) < 4.78 is 7.00. The molecule has 0 radical (unpaired) electrons. The SMILES string of the molecule is CCCCCOc1cccc(C(=O)N(CCCN(C)C)c2nc3c(C)c(C)ccc3s2)c1. The van der Waals surface area contributed by atoms with Crippen LogP contribution in [0.5, 0.6) is 5.75 Å². The molecule has 3 rings (SSSR count). The summed E-state index contributed by atoms with van der Waals surface area (Å²) in [6, 6.07) is 11.8. The molecule has 0 aliphatic heterocycles. The second-order valence-corrected chi connectivity index (χ2v) is 9.56. The molecule has 0 bridgehead atoms. The van der Waals surface area contributed by atoms with Gasteiger partial charge in [-0.15, -0.1) is 0 Å². The molecule has 0 spiro atoms. The lowest BCUT2D eigenvalue weighted by Gasteiger charge is -2.21. The maximum Gasteiger partial charge on any atom is 0.260 e. The van der Waals surface area contributed by atoms with Crippen LogP contribution in [0.2, 0.25) is 0 Å². The van der Waals surface area contributed by atoms with Crippen LogP contribution in [0.1, 0.15) is 54.1 Å². The van der Waals surface area contributed by atoms with E-state index in [1.807, 2.05) is 29.2 Å². The average Bonchev–Trinajstić information content (AvgIpc) is 3.21. The molecule has 0 unspecified atom stereocenters. The third-order valence-electron chi connectivity index (χ3n) is 5.63.